The van der Waals surface area contributed by atoms with Gasteiger partial charge < -0.3 is 10.4 Å². The molecule has 220 valence electrons. The van der Waals surface area contributed by atoms with Crippen molar-refractivity contribution >= 4 is 22.8 Å². The molecule has 1 aromatic heterocycles. The van der Waals surface area contributed by atoms with E-state index < -0.39 is 24.1 Å². The quantitative estimate of drug-likeness (QED) is 0.194. The van der Waals surface area contributed by atoms with Crippen LogP contribution >= 0.6 is 0 Å². The van der Waals surface area contributed by atoms with E-state index in [-0.39, 0.29) is 22.6 Å². The monoisotopic (exact) mass is 585 g/mol. The van der Waals surface area contributed by atoms with Gasteiger partial charge in [0.2, 0.25) is 0 Å². The highest BCUT2D eigenvalue weighted by Crippen LogP contribution is 2.34. The Kier molecular flexibility index (Phi) is 8.08. The van der Waals surface area contributed by atoms with Gasteiger partial charge in [-0.25, -0.2) is 4.79 Å². The Morgan fingerprint density at radius 2 is 1.60 bits per heavy atom. The lowest BCUT2D eigenvalue weighted by atomic mass is 9.97. The molecule has 0 saturated carbocycles. The molecule has 0 fully saturated rings. The molecule has 1 atom stereocenters. The molecule has 0 unspecified atom stereocenters. The molecule has 6 nitrogen and oxygen atoms in total. The Morgan fingerprint density at radius 1 is 0.907 bits per heavy atom. The van der Waals surface area contributed by atoms with Crippen LogP contribution in [0, 0.1) is 6.92 Å². The van der Waals surface area contributed by atoms with E-state index in [1.54, 1.807) is 53.2 Å². The second kappa shape index (κ2) is 11.8. The summed E-state index contributed by atoms with van der Waals surface area (Å²) < 4.78 is 44.1. The van der Waals surface area contributed by atoms with Crippen LogP contribution in [0.1, 0.15) is 68.9 Å². The van der Waals surface area contributed by atoms with Crippen molar-refractivity contribution in [3.05, 3.63) is 125 Å². The zero-order chi connectivity index (χ0) is 30.9. The zero-order valence-electron chi connectivity index (χ0n) is 23.8. The van der Waals surface area contributed by atoms with Crippen molar-refractivity contribution in [2.75, 3.05) is 0 Å². The third kappa shape index (κ3) is 6.30. The van der Waals surface area contributed by atoms with Crippen LogP contribution in [0.3, 0.4) is 0 Å². The number of nitrogens with zero attached hydrogens (tertiary/aromatic N) is 2. The van der Waals surface area contributed by atoms with Crippen LogP contribution in [0.4, 0.5) is 13.2 Å². The zero-order valence-corrected chi connectivity index (χ0v) is 23.8. The lowest BCUT2D eigenvalue weighted by Crippen LogP contribution is -2.38. The summed E-state index contributed by atoms with van der Waals surface area (Å²) in [7, 11) is 0. The molecule has 5 aromatic rings. The summed E-state index contributed by atoms with van der Waals surface area (Å²) in [6.45, 7) is 5.95. The predicted octanol–water partition coefficient (Wildman–Crippen LogP) is 7.92. The molecule has 1 amide bonds. The number of aromatic carboxylic acids is 1. The van der Waals surface area contributed by atoms with Crippen molar-refractivity contribution in [1.82, 2.24) is 15.1 Å². The standard InChI is InChI=1S/C34H30F3N3O3/c1-20(2)24-7-6-8-25(17-24)31(34(35,36)37)38-32(41)26-15-16-27-21(3)39-40(30(27)18-26)19-22-11-13-23(14-12-22)28-9-4-5-10-29(28)33(42)43/h4-18,20,31H,19H2,1-3H3,(H,38,41)(H,42,43)/t31-/m1/s1. The van der Waals surface area contributed by atoms with E-state index >= 15 is 0 Å². The number of alkyl halides is 3. The van der Waals surface area contributed by atoms with Crippen LogP contribution in [0.15, 0.2) is 91.0 Å². The lowest BCUT2D eigenvalue weighted by Gasteiger charge is -2.23. The summed E-state index contributed by atoms with van der Waals surface area (Å²) in [6.07, 6.45) is -4.69. The maximum absolute atomic E-state index is 14.1. The molecule has 2 N–H and O–H groups in total. The van der Waals surface area contributed by atoms with Gasteiger partial charge in [-0.15, -0.1) is 0 Å². The molecule has 0 radical (unpaired) electrons. The highest BCUT2D eigenvalue weighted by atomic mass is 19.4. The van der Waals surface area contributed by atoms with Crippen LogP contribution in [-0.2, 0) is 6.54 Å². The molecular weight excluding hydrogens is 555 g/mol. The van der Waals surface area contributed by atoms with Gasteiger partial charge in [0.1, 0.15) is 0 Å². The normalized spacial score (nSPS) is 12.4. The van der Waals surface area contributed by atoms with Crippen LogP contribution < -0.4 is 5.32 Å². The number of benzene rings is 4. The second-order valence-corrected chi connectivity index (χ2v) is 10.8. The smallest absolute Gasteiger partial charge is 0.412 e. The second-order valence-electron chi connectivity index (χ2n) is 10.8. The molecule has 0 bridgehead atoms. The number of rotatable bonds is 8. The number of aryl methyl sites for hydroxylation is 1. The van der Waals surface area contributed by atoms with Gasteiger partial charge in [-0.3, -0.25) is 9.48 Å². The Labute approximate surface area is 246 Å². The highest BCUT2D eigenvalue weighted by Gasteiger charge is 2.42. The fourth-order valence-electron chi connectivity index (χ4n) is 5.15. The first kappa shape index (κ1) is 29.6. The number of nitrogens with one attached hydrogen (secondary N) is 1. The molecule has 0 spiro atoms. The predicted molar refractivity (Wildman–Crippen MR) is 159 cm³/mol. The third-order valence-corrected chi connectivity index (χ3v) is 7.47. The van der Waals surface area contributed by atoms with Crippen molar-refractivity contribution in [1.29, 1.82) is 0 Å². The number of fused-ring (bicyclic) bond motifs is 1. The van der Waals surface area contributed by atoms with E-state index in [2.05, 4.69) is 10.4 Å². The number of aromatic nitrogens is 2. The maximum Gasteiger partial charge on any atom is 0.412 e. The van der Waals surface area contributed by atoms with E-state index in [4.69, 9.17) is 0 Å². The summed E-state index contributed by atoms with van der Waals surface area (Å²) >= 11 is 0. The fourth-order valence-corrected chi connectivity index (χ4v) is 5.15. The molecule has 9 heteroatoms. The van der Waals surface area contributed by atoms with Gasteiger partial charge in [0.25, 0.3) is 5.91 Å². The number of carbonyl (C=O) groups excluding carboxylic acids is 1. The van der Waals surface area contributed by atoms with Crippen molar-refractivity contribution in [3.8, 4) is 11.1 Å². The molecule has 0 aliphatic heterocycles. The summed E-state index contributed by atoms with van der Waals surface area (Å²) in [6, 6.07) is 22.9. The molecule has 5 rings (SSSR count). The van der Waals surface area contributed by atoms with Gasteiger partial charge >= 0.3 is 12.1 Å². The molecule has 4 aromatic carbocycles. The summed E-state index contributed by atoms with van der Waals surface area (Å²) in [4.78, 5) is 24.8. The number of hydrogen-bond donors (Lipinski definition) is 2. The van der Waals surface area contributed by atoms with Gasteiger partial charge in [0.05, 0.1) is 23.3 Å². The average molecular weight is 586 g/mol. The first-order valence-electron chi connectivity index (χ1n) is 13.8. The molecular formula is C34H30F3N3O3. The van der Waals surface area contributed by atoms with Gasteiger partial charge in [-0.1, -0.05) is 86.6 Å². The fraction of sp³-hybridized carbons (Fsp3) is 0.206. The van der Waals surface area contributed by atoms with Crippen molar-refractivity contribution in [3.63, 3.8) is 0 Å². The number of hydrogen-bond acceptors (Lipinski definition) is 3. The van der Waals surface area contributed by atoms with Crippen LogP contribution in [0.2, 0.25) is 0 Å². The molecule has 0 saturated heterocycles. The van der Waals surface area contributed by atoms with Gasteiger partial charge in [0, 0.05) is 10.9 Å². The van der Waals surface area contributed by atoms with Crippen LogP contribution in [-0.4, -0.2) is 32.9 Å². The number of carboxylic acids is 1. The van der Waals surface area contributed by atoms with E-state index in [1.165, 1.54) is 18.2 Å². The minimum absolute atomic E-state index is 0.0246. The van der Waals surface area contributed by atoms with Crippen molar-refractivity contribution in [2.45, 2.75) is 45.5 Å². The molecule has 0 aliphatic rings. The first-order chi connectivity index (χ1) is 20.4. The highest BCUT2D eigenvalue weighted by molar-refractivity contribution is 5.98. The Hall–Kier alpha value is -4.92. The first-order valence-corrected chi connectivity index (χ1v) is 13.8. The topological polar surface area (TPSA) is 84.2 Å². The SMILES string of the molecule is Cc1nn(Cc2ccc(-c3ccccc3C(=O)O)cc2)c2cc(C(=O)N[C@H](c3cccc(C(C)C)c3)C(F)(F)F)ccc12. The van der Waals surface area contributed by atoms with Crippen LogP contribution in [0.5, 0.6) is 0 Å². The van der Waals surface area contributed by atoms with Crippen molar-refractivity contribution < 1.29 is 27.9 Å². The summed E-state index contributed by atoms with van der Waals surface area (Å²) in [5, 5.41) is 17.1. The Morgan fingerprint density at radius 3 is 2.28 bits per heavy atom. The van der Waals surface area contributed by atoms with Crippen LogP contribution in [0.25, 0.3) is 22.0 Å². The molecule has 1 heterocycles. The minimum Gasteiger partial charge on any atom is -0.478 e. The van der Waals surface area contributed by atoms with E-state index in [0.29, 0.717) is 23.3 Å². The summed E-state index contributed by atoms with van der Waals surface area (Å²) in [5.41, 5.74) is 4.57. The van der Waals surface area contributed by atoms with Gasteiger partial charge in [0.15, 0.2) is 6.04 Å². The third-order valence-electron chi connectivity index (χ3n) is 7.47. The molecule has 43 heavy (non-hydrogen) atoms. The average Bonchev–Trinajstić information content (AvgIpc) is 3.29. The van der Waals surface area contributed by atoms with E-state index in [9.17, 15) is 27.9 Å². The summed E-state index contributed by atoms with van der Waals surface area (Å²) in [5.74, 6) is -1.82. The van der Waals surface area contributed by atoms with Crippen molar-refractivity contribution in [2.24, 2.45) is 0 Å². The number of halogens is 3. The largest absolute Gasteiger partial charge is 0.478 e. The Balaban J connectivity index is 1.41. The van der Waals surface area contributed by atoms with E-state index in [1.807, 2.05) is 45.0 Å². The van der Waals surface area contributed by atoms with Gasteiger partial charge in [-0.05, 0) is 58.9 Å². The Bertz CT molecular complexity index is 1810. The van der Waals surface area contributed by atoms with Gasteiger partial charge in [-0.2, -0.15) is 18.3 Å². The molecule has 0 aliphatic carbocycles. The lowest BCUT2D eigenvalue weighted by molar-refractivity contribution is -0.155. The maximum atomic E-state index is 14.1. The number of carboxylic acid groups (broad SMARTS) is 1. The number of carbonyl (C=O) groups is 2. The number of amides is 1. The minimum atomic E-state index is -4.69. The van der Waals surface area contributed by atoms with E-state index in [0.717, 1.165) is 22.1 Å².